The van der Waals surface area contributed by atoms with Crippen LogP contribution in [-0.2, 0) is 16.1 Å². The van der Waals surface area contributed by atoms with Crippen LogP contribution in [0.3, 0.4) is 0 Å². The number of rotatable bonds is 3. The summed E-state index contributed by atoms with van der Waals surface area (Å²) in [6.07, 6.45) is 1.41. The SMILES string of the molecule is CN(C(=O)OCc1ccccc1)C1CCC(=O)C1. The second-order valence-electron chi connectivity index (χ2n) is 4.59. The monoisotopic (exact) mass is 247 g/mol. The van der Waals surface area contributed by atoms with Gasteiger partial charge < -0.3 is 9.64 Å². The smallest absolute Gasteiger partial charge is 0.410 e. The van der Waals surface area contributed by atoms with E-state index < -0.39 is 0 Å². The maximum Gasteiger partial charge on any atom is 0.410 e. The third-order valence-corrected chi connectivity index (χ3v) is 3.26. The number of amides is 1. The molecule has 1 unspecified atom stereocenters. The Morgan fingerprint density at radius 3 is 2.72 bits per heavy atom. The predicted molar refractivity (Wildman–Crippen MR) is 67.0 cm³/mol. The van der Waals surface area contributed by atoms with Crippen molar-refractivity contribution in [2.45, 2.75) is 31.9 Å². The average molecular weight is 247 g/mol. The molecule has 1 aromatic rings. The van der Waals surface area contributed by atoms with Crippen molar-refractivity contribution in [3.63, 3.8) is 0 Å². The van der Waals surface area contributed by atoms with Crippen molar-refractivity contribution in [1.82, 2.24) is 4.90 Å². The largest absolute Gasteiger partial charge is 0.445 e. The minimum atomic E-state index is -0.362. The van der Waals surface area contributed by atoms with Crippen LogP contribution in [0, 0.1) is 0 Å². The van der Waals surface area contributed by atoms with Crippen molar-refractivity contribution in [2.75, 3.05) is 7.05 Å². The van der Waals surface area contributed by atoms with Crippen molar-refractivity contribution >= 4 is 11.9 Å². The number of ketones is 1. The zero-order valence-corrected chi connectivity index (χ0v) is 10.5. The molecule has 0 bridgehead atoms. The minimum absolute atomic E-state index is 0.000716. The van der Waals surface area contributed by atoms with E-state index in [1.165, 1.54) is 4.90 Å². The van der Waals surface area contributed by atoms with Crippen molar-refractivity contribution < 1.29 is 14.3 Å². The number of hydrogen-bond donors (Lipinski definition) is 0. The number of nitrogens with zero attached hydrogens (tertiary/aromatic N) is 1. The third-order valence-electron chi connectivity index (χ3n) is 3.26. The summed E-state index contributed by atoms with van der Waals surface area (Å²) in [7, 11) is 1.69. The highest BCUT2D eigenvalue weighted by Crippen LogP contribution is 2.20. The van der Waals surface area contributed by atoms with Gasteiger partial charge in [-0.2, -0.15) is 0 Å². The molecule has 0 aromatic heterocycles. The molecule has 0 aliphatic heterocycles. The maximum atomic E-state index is 11.8. The zero-order valence-electron chi connectivity index (χ0n) is 10.5. The lowest BCUT2D eigenvalue weighted by molar-refractivity contribution is -0.117. The molecule has 96 valence electrons. The van der Waals surface area contributed by atoms with Crippen LogP contribution < -0.4 is 0 Å². The highest BCUT2D eigenvalue weighted by atomic mass is 16.6. The molecular formula is C14H17NO3. The van der Waals surface area contributed by atoms with Crippen molar-refractivity contribution in [1.29, 1.82) is 0 Å². The normalized spacial score (nSPS) is 18.7. The number of hydrogen-bond acceptors (Lipinski definition) is 3. The Morgan fingerprint density at radius 1 is 1.39 bits per heavy atom. The molecule has 2 rings (SSSR count). The molecule has 0 spiro atoms. The number of benzene rings is 1. The summed E-state index contributed by atoms with van der Waals surface area (Å²) in [5.41, 5.74) is 0.960. The van der Waals surface area contributed by atoms with Gasteiger partial charge in [-0.1, -0.05) is 30.3 Å². The van der Waals surface area contributed by atoms with Crippen LogP contribution in [0.4, 0.5) is 4.79 Å². The average Bonchev–Trinajstić information content (AvgIpc) is 2.83. The second-order valence-corrected chi connectivity index (χ2v) is 4.59. The van der Waals surface area contributed by atoms with Crippen molar-refractivity contribution in [3.8, 4) is 0 Å². The van der Waals surface area contributed by atoms with E-state index in [0.717, 1.165) is 12.0 Å². The molecule has 18 heavy (non-hydrogen) atoms. The first-order valence-electron chi connectivity index (χ1n) is 6.12. The van der Waals surface area contributed by atoms with Gasteiger partial charge in [-0.25, -0.2) is 4.79 Å². The highest BCUT2D eigenvalue weighted by molar-refractivity contribution is 5.82. The lowest BCUT2D eigenvalue weighted by atomic mass is 10.2. The summed E-state index contributed by atoms with van der Waals surface area (Å²) in [5.74, 6) is 0.225. The third kappa shape index (κ3) is 3.09. The second kappa shape index (κ2) is 5.67. The standard InChI is InChI=1S/C14H17NO3/c1-15(12-7-8-13(16)9-12)14(17)18-10-11-5-3-2-4-6-11/h2-6,12H,7-10H2,1H3. The van der Waals surface area contributed by atoms with Gasteiger partial charge in [-0.3, -0.25) is 4.79 Å². The van der Waals surface area contributed by atoms with E-state index in [9.17, 15) is 9.59 Å². The first-order valence-corrected chi connectivity index (χ1v) is 6.12. The summed E-state index contributed by atoms with van der Waals surface area (Å²) < 4.78 is 5.21. The van der Waals surface area contributed by atoms with Gasteiger partial charge >= 0.3 is 6.09 Å². The molecule has 0 saturated heterocycles. The van der Waals surface area contributed by atoms with Gasteiger partial charge in [0.15, 0.2) is 0 Å². The van der Waals surface area contributed by atoms with E-state index in [4.69, 9.17) is 4.74 Å². The van der Waals surface area contributed by atoms with Crippen LogP contribution >= 0.6 is 0 Å². The van der Waals surface area contributed by atoms with Crippen LogP contribution in [0.5, 0.6) is 0 Å². The Labute approximate surface area is 107 Å². The van der Waals surface area contributed by atoms with Crippen LogP contribution in [0.15, 0.2) is 30.3 Å². The summed E-state index contributed by atoms with van der Waals surface area (Å²) >= 11 is 0. The molecule has 1 atom stereocenters. The Balaban J connectivity index is 1.83. The molecule has 0 N–H and O–H groups in total. The molecular weight excluding hydrogens is 230 g/mol. The van der Waals surface area contributed by atoms with Crippen LogP contribution in [0.25, 0.3) is 0 Å². The van der Waals surface area contributed by atoms with E-state index >= 15 is 0 Å². The first-order chi connectivity index (χ1) is 8.66. The molecule has 1 aliphatic carbocycles. The lowest BCUT2D eigenvalue weighted by Gasteiger charge is -2.22. The molecule has 1 amide bonds. The molecule has 1 aliphatic rings. The fraction of sp³-hybridized carbons (Fsp3) is 0.429. The Hall–Kier alpha value is -1.84. The van der Waals surface area contributed by atoms with Crippen molar-refractivity contribution in [2.24, 2.45) is 0 Å². The maximum absolute atomic E-state index is 11.8. The van der Waals surface area contributed by atoms with E-state index in [1.807, 2.05) is 30.3 Å². The van der Waals surface area contributed by atoms with E-state index in [2.05, 4.69) is 0 Å². The molecule has 1 fully saturated rings. The Kier molecular flexibility index (Phi) is 3.97. The Morgan fingerprint density at radius 2 is 2.11 bits per heavy atom. The van der Waals surface area contributed by atoms with Crippen LogP contribution in [0.2, 0.25) is 0 Å². The van der Waals surface area contributed by atoms with Crippen LogP contribution in [0.1, 0.15) is 24.8 Å². The minimum Gasteiger partial charge on any atom is -0.445 e. The fourth-order valence-electron chi connectivity index (χ4n) is 2.10. The van der Waals surface area contributed by atoms with Crippen LogP contribution in [-0.4, -0.2) is 29.9 Å². The Bertz CT molecular complexity index is 430. The molecule has 4 nitrogen and oxygen atoms in total. The van der Waals surface area contributed by atoms with Gasteiger partial charge in [0, 0.05) is 25.9 Å². The highest BCUT2D eigenvalue weighted by Gasteiger charge is 2.28. The molecule has 1 saturated carbocycles. The molecule has 0 radical (unpaired) electrons. The summed E-state index contributed by atoms with van der Waals surface area (Å²) in [6.45, 7) is 0.269. The van der Waals surface area contributed by atoms with E-state index in [-0.39, 0.29) is 24.5 Å². The molecule has 0 heterocycles. The van der Waals surface area contributed by atoms with Gasteiger partial charge in [0.1, 0.15) is 12.4 Å². The van der Waals surface area contributed by atoms with Gasteiger partial charge in [-0.15, -0.1) is 0 Å². The summed E-state index contributed by atoms with van der Waals surface area (Å²) in [5, 5.41) is 0. The molecule has 4 heteroatoms. The number of Topliss-reactive ketones (excluding diaryl/α,β-unsaturated/α-hetero) is 1. The predicted octanol–water partition coefficient (Wildman–Crippen LogP) is 2.38. The van der Waals surface area contributed by atoms with Gasteiger partial charge in [-0.05, 0) is 12.0 Å². The van der Waals surface area contributed by atoms with Crippen molar-refractivity contribution in [3.05, 3.63) is 35.9 Å². The van der Waals surface area contributed by atoms with Gasteiger partial charge in [0.25, 0.3) is 0 Å². The quantitative estimate of drug-likeness (QED) is 0.823. The zero-order chi connectivity index (χ0) is 13.0. The van der Waals surface area contributed by atoms with E-state index in [0.29, 0.717) is 12.8 Å². The van der Waals surface area contributed by atoms with Gasteiger partial charge in [0.05, 0.1) is 0 Å². The topological polar surface area (TPSA) is 46.6 Å². The first kappa shape index (κ1) is 12.6. The van der Waals surface area contributed by atoms with E-state index in [1.54, 1.807) is 7.05 Å². The number of ether oxygens (including phenoxy) is 1. The number of carbonyl (C=O) groups excluding carboxylic acids is 2. The summed E-state index contributed by atoms with van der Waals surface area (Å²) in [4.78, 5) is 24.5. The number of carbonyl (C=O) groups is 2. The lowest BCUT2D eigenvalue weighted by Crippen LogP contribution is -2.35. The fourth-order valence-corrected chi connectivity index (χ4v) is 2.10. The summed E-state index contributed by atoms with van der Waals surface area (Å²) in [6, 6.07) is 9.55. The van der Waals surface area contributed by atoms with Gasteiger partial charge in [0.2, 0.25) is 0 Å². The molecule has 1 aromatic carbocycles.